The molecule has 0 aliphatic carbocycles. The third kappa shape index (κ3) is 6.18. The number of carbonyl (C=O) groups is 1. The van der Waals surface area contributed by atoms with Crippen molar-refractivity contribution in [3.63, 3.8) is 0 Å². The van der Waals surface area contributed by atoms with Crippen LogP contribution in [-0.2, 0) is 0 Å². The Morgan fingerprint density at radius 2 is 1.58 bits per heavy atom. The second kappa shape index (κ2) is 11.2. The van der Waals surface area contributed by atoms with Crippen LogP contribution in [-0.4, -0.2) is 61.0 Å². The Kier molecular flexibility index (Phi) is 8.10. The maximum absolute atomic E-state index is 14.6. The average Bonchev–Trinajstić information content (AvgIpc) is 2.83. The first-order valence-electron chi connectivity index (χ1n) is 12.3. The molecule has 0 bridgehead atoms. The van der Waals surface area contributed by atoms with Crippen molar-refractivity contribution in [3.05, 3.63) is 59.2 Å². The quantitative estimate of drug-likeness (QED) is 0.596. The minimum absolute atomic E-state index is 0.406. The summed E-state index contributed by atoms with van der Waals surface area (Å²) in [5, 5.41) is 2.69. The standard InChI is InChI=1S/C27H35F2N3O/c1-20-6-8-21(9-7-20)22-18-24(28)26(25(29)19-22)27(33)30-12-5-13-31-16-10-23(11-17-31)32-14-3-2-4-15-32/h6-9,18-19,23H,2-5,10-17H2,1H3,(H,30,33). The van der Waals surface area contributed by atoms with Crippen LogP contribution < -0.4 is 5.32 Å². The molecule has 0 spiro atoms. The van der Waals surface area contributed by atoms with Gasteiger partial charge in [-0.05, 0) is 95.0 Å². The number of nitrogens with zero attached hydrogens (tertiary/aromatic N) is 2. The normalized spacial score (nSPS) is 18.4. The van der Waals surface area contributed by atoms with Crippen molar-refractivity contribution in [2.24, 2.45) is 0 Å². The zero-order chi connectivity index (χ0) is 23.2. The third-order valence-electron chi connectivity index (χ3n) is 7.05. The van der Waals surface area contributed by atoms with E-state index in [4.69, 9.17) is 0 Å². The van der Waals surface area contributed by atoms with Gasteiger partial charge in [0.2, 0.25) is 0 Å². The second-order valence-electron chi connectivity index (χ2n) is 9.46. The number of halogens is 2. The monoisotopic (exact) mass is 455 g/mol. The van der Waals surface area contributed by atoms with E-state index in [1.807, 2.05) is 31.2 Å². The molecule has 2 aliphatic heterocycles. The molecule has 178 valence electrons. The molecule has 6 heteroatoms. The second-order valence-corrected chi connectivity index (χ2v) is 9.46. The van der Waals surface area contributed by atoms with Crippen LogP contribution in [0.3, 0.4) is 0 Å². The molecular weight excluding hydrogens is 420 g/mol. The molecule has 2 aliphatic rings. The molecule has 33 heavy (non-hydrogen) atoms. The largest absolute Gasteiger partial charge is 0.352 e. The molecule has 0 atom stereocenters. The van der Waals surface area contributed by atoms with Crippen molar-refractivity contribution in [1.82, 2.24) is 15.1 Å². The fourth-order valence-corrected chi connectivity index (χ4v) is 5.09. The summed E-state index contributed by atoms with van der Waals surface area (Å²) in [5.41, 5.74) is 1.71. The fraction of sp³-hybridized carbons (Fsp3) is 0.519. The highest BCUT2D eigenvalue weighted by molar-refractivity contribution is 5.95. The third-order valence-corrected chi connectivity index (χ3v) is 7.05. The summed E-state index contributed by atoms with van der Waals surface area (Å²) in [7, 11) is 0. The predicted molar refractivity (Wildman–Crippen MR) is 128 cm³/mol. The molecule has 2 aromatic rings. The molecular formula is C27H35F2N3O. The number of aryl methyl sites for hydroxylation is 1. The van der Waals surface area contributed by atoms with E-state index >= 15 is 0 Å². The molecule has 0 unspecified atom stereocenters. The van der Waals surface area contributed by atoms with E-state index in [0.717, 1.165) is 43.2 Å². The Bertz CT molecular complexity index is 910. The van der Waals surface area contributed by atoms with Crippen molar-refractivity contribution in [3.8, 4) is 11.1 Å². The number of hydrogen-bond acceptors (Lipinski definition) is 3. The molecule has 1 amide bonds. The lowest BCUT2D eigenvalue weighted by atomic mass is 10.00. The lowest BCUT2D eigenvalue weighted by molar-refractivity contribution is 0.0900. The zero-order valence-electron chi connectivity index (χ0n) is 19.6. The molecule has 1 N–H and O–H groups in total. The molecule has 2 fully saturated rings. The number of rotatable bonds is 7. The van der Waals surface area contributed by atoms with Crippen molar-refractivity contribution in [2.45, 2.75) is 51.5 Å². The van der Waals surface area contributed by atoms with Crippen LogP contribution in [0.4, 0.5) is 8.78 Å². The van der Waals surface area contributed by atoms with Gasteiger partial charge in [-0.1, -0.05) is 36.2 Å². The van der Waals surface area contributed by atoms with Gasteiger partial charge >= 0.3 is 0 Å². The van der Waals surface area contributed by atoms with Crippen LogP contribution >= 0.6 is 0 Å². The Morgan fingerprint density at radius 3 is 2.21 bits per heavy atom. The van der Waals surface area contributed by atoms with Crippen LogP contribution in [0.15, 0.2) is 36.4 Å². The summed E-state index contributed by atoms with van der Waals surface area (Å²) in [6.07, 6.45) is 7.20. The first-order chi connectivity index (χ1) is 16.0. The molecule has 2 heterocycles. The number of hydrogen-bond donors (Lipinski definition) is 1. The molecule has 4 nitrogen and oxygen atoms in total. The van der Waals surface area contributed by atoms with E-state index in [1.165, 1.54) is 57.3 Å². The minimum Gasteiger partial charge on any atom is -0.352 e. The first kappa shape index (κ1) is 23.8. The Morgan fingerprint density at radius 1 is 0.939 bits per heavy atom. The smallest absolute Gasteiger partial charge is 0.257 e. The molecule has 4 rings (SSSR count). The summed E-state index contributed by atoms with van der Waals surface area (Å²) in [6.45, 7) is 7.91. The number of likely N-dealkylation sites (tertiary alicyclic amines) is 2. The highest BCUT2D eigenvalue weighted by atomic mass is 19.1. The van der Waals surface area contributed by atoms with Gasteiger partial charge in [-0.2, -0.15) is 0 Å². The fourth-order valence-electron chi connectivity index (χ4n) is 5.09. The summed E-state index contributed by atoms with van der Waals surface area (Å²) in [5.74, 6) is -2.35. The van der Waals surface area contributed by atoms with Gasteiger partial charge in [0.05, 0.1) is 0 Å². The maximum Gasteiger partial charge on any atom is 0.257 e. The Hall–Kier alpha value is -2.31. The lowest BCUT2D eigenvalue weighted by Gasteiger charge is -2.40. The molecule has 2 aromatic carbocycles. The first-order valence-corrected chi connectivity index (χ1v) is 12.3. The number of piperidine rings is 2. The van der Waals surface area contributed by atoms with E-state index < -0.39 is 23.1 Å². The zero-order valence-corrected chi connectivity index (χ0v) is 19.6. The van der Waals surface area contributed by atoms with Crippen LogP contribution in [0.2, 0.25) is 0 Å². The van der Waals surface area contributed by atoms with E-state index in [9.17, 15) is 13.6 Å². The van der Waals surface area contributed by atoms with Gasteiger partial charge in [0, 0.05) is 12.6 Å². The molecule has 0 aromatic heterocycles. The van der Waals surface area contributed by atoms with Crippen LogP contribution in [0.5, 0.6) is 0 Å². The Labute approximate surface area is 196 Å². The van der Waals surface area contributed by atoms with Gasteiger partial charge in [0.1, 0.15) is 17.2 Å². The summed E-state index contributed by atoms with van der Waals surface area (Å²) >= 11 is 0. The van der Waals surface area contributed by atoms with Crippen LogP contribution in [0.25, 0.3) is 11.1 Å². The number of amides is 1. The number of benzene rings is 2. The van der Waals surface area contributed by atoms with Gasteiger partial charge in [0.25, 0.3) is 5.91 Å². The number of nitrogens with one attached hydrogen (secondary N) is 1. The molecule has 0 saturated carbocycles. The SMILES string of the molecule is Cc1ccc(-c2cc(F)c(C(=O)NCCCN3CCC(N4CCCCC4)CC3)c(F)c2)cc1. The van der Waals surface area contributed by atoms with E-state index in [2.05, 4.69) is 15.1 Å². The minimum atomic E-state index is -0.831. The highest BCUT2D eigenvalue weighted by Gasteiger charge is 2.25. The highest BCUT2D eigenvalue weighted by Crippen LogP contribution is 2.25. The molecule has 2 saturated heterocycles. The van der Waals surface area contributed by atoms with E-state index in [-0.39, 0.29) is 0 Å². The van der Waals surface area contributed by atoms with Gasteiger partial charge in [-0.3, -0.25) is 4.79 Å². The average molecular weight is 456 g/mol. The van der Waals surface area contributed by atoms with Crippen LogP contribution in [0, 0.1) is 18.6 Å². The lowest BCUT2D eigenvalue weighted by Crippen LogP contribution is -2.47. The molecule has 0 radical (unpaired) electrons. The number of carbonyl (C=O) groups excluding carboxylic acids is 1. The van der Waals surface area contributed by atoms with E-state index in [0.29, 0.717) is 12.1 Å². The van der Waals surface area contributed by atoms with Gasteiger partial charge in [0.15, 0.2) is 0 Å². The van der Waals surface area contributed by atoms with Crippen molar-refractivity contribution in [1.29, 1.82) is 0 Å². The van der Waals surface area contributed by atoms with Crippen molar-refractivity contribution in [2.75, 3.05) is 39.3 Å². The van der Waals surface area contributed by atoms with Gasteiger partial charge in [-0.25, -0.2) is 8.78 Å². The van der Waals surface area contributed by atoms with Gasteiger partial charge < -0.3 is 15.1 Å². The maximum atomic E-state index is 14.6. The van der Waals surface area contributed by atoms with Crippen molar-refractivity contribution < 1.29 is 13.6 Å². The van der Waals surface area contributed by atoms with Crippen molar-refractivity contribution >= 4 is 5.91 Å². The topological polar surface area (TPSA) is 35.6 Å². The summed E-state index contributed by atoms with van der Waals surface area (Å²) in [6, 6.07) is 10.6. The van der Waals surface area contributed by atoms with E-state index in [1.54, 1.807) is 0 Å². The Balaban J connectivity index is 1.22. The van der Waals surface area contributed by atoms with Crippen LogP contribution in [0.1, 0.15) is 54.4 Å². The summed E-state index contributed by atoms with van der Waals surface area (Å²) in [4.78, 5) is 17.5. The van der Waals surface area contributed by atoms with Gasteiger partial charge in [-0.15, -0.1) is 0 Å². The summed E-state index contributed by atoms with van der Waals surface area (Å²) < 4.78 is 29.2. The predicted octanol–water partition coefficient (Wildman–Crippen LogP) is 5.01.